The largest absolute Gasteiger partial charge is 0.309 e. The van der Waals surface area contributed by atoms with Crippen molar-refractivity contribution in [3.05, 3.63) is 139 Å². The molecule has 0 saturated heterocycles. The standard InChI is InChI=1S/C41H27N/c1-41(2)35-18-8-11-24-10-7-15-31(38(24)35)28-21-20-25(22-36(28)41)42-37-19-6-5-14-29(37)34-23-33-27-13-4-3-12-26(27)30-16-9-17-32(39(30)33)40(34)42/h3-23H,1-2H3. The Hall–Kier alpha value is -5.14. The average Bonchev–Trinajstić information content (AvgIpc) is 3.54. The minimum absolute atomic E-state index is 0.120. The first-order valence-corrected chi connectivity index (χ1v) is 14.9. The van der Waals surface area contributed by atoms with Crippen LogP contribution in [-0.2, 0) is 5.41 Å². The van der Waals surface area contributed by atoms with Crippen molar-refractivity contribution in [3.8, 4) is 39.1 Å². The van der Waals surface area contributed by atoms with Crippen LogP contribution in [0.15, 0.2) is 127 Å². The third kappa shape index (κ3) is 2.61. The van der Waals surface area contributed by atoms with Crippen LogP contribution in [-0.4, -0.2) is 4.57 Å². The van der Waals surface area contributed by atoms with Crippen LogP contribution in [0.1, 0.15) is 25.0 Å². The van der Waals surface area contributed by atoms with Gasteiger partial charge in [-0.25, -0.2) is 0 Å². The molecule has 0 bridgehead atoms. The molecule has 0 atom stereocenters. The van der Waals surface area contributed by atoms with E-state index in [0.717, 1.165) is 0 Å². The van der Waals surface area contributed by atoms with Crippen LogP contribution in [0.2, 0.25) is 0 Å². The van der Waals surface area contributed by atoms with E-state index in [0.29, 0.717) is 0 Å². The second-order valence-electron chi connectivity index (χ2n) is 12.5. The third-order valence-corrected chi connectivity index (χ3v) is 10.1. The number of benzene rings is 7. The molecule has 1 heteroatoms. The summed E-state index contributed by atoms with van der Waals surface area (Å²) in [6.07, 6.45) is 0. The molecule has 10 rings (SSSR count). The SMILES string of the molecule is CC1(C)c2cc(-n3c4ccccc4c4cc5c6c(cccc6c43)-c3ccccc3-5)ccc2-c2cccc3cccc1c23. The van der Waals surface area contributed by atoms with Crippen LogP contribution in [0.5, 0.6) is 0 Å². The van der Waals surface area contributed by atoms with Gasteiger partial charge in [0.05, 0.1) is 11.0 Å². The minimum Gasteiger partial charge on any atom is -0.309 e. The van der Waals surface area contributed by atoms with Crippen LogP contribution in [0, 0.1) is 0 Å². The van der Waals surface area contributed by atoms with Crippen molar-refractivity contribution in [1.82, 2.24) is 4.57 Å². The Labute approximate surface area is 244 Å². The van der Waals surface area contributed by atoms with Gasteiger partial charge in [-0.2, -0.15) is 0 Å². The number of hydrogen-bond acceptors (Lipinski definition) is 0. The molecule has 1 nitrogen and oxygen atoms in total. The fraction of sp³-hybridized carbons (Fsp3) is 0.0732. The van der Waals surface area contributed by atoms with Crippen molar-refractivity contribution in [2.24, 2.45) is 0 Å². The molecule has 8 aromatic rings. The molecule has 0 spiro atoms. The van der Waals surface area contributed by atoms with Crippen molar-refractivity contribution in [1.29, 1.82) is 0 Å². The lowest BCUT2D eigenvalue weighted by molar-refractivity contribution is 0.644. The summed E-state index contributed by atoms with van der Waals surface area (Å²) in [7, 11) is 0. The number of hydrogen-bond donors (Lipinski definition) is 0. The predicted molar refractivity (Wildman–Crippen MR) is 178 cm³/mol. The molecular weight excluding hydrogens is 506 g/mol. The monoisotopic (exact) mass is 533 g/mol. The lowest BCUT2D eigenvalue weighted by Crippen LogP contribution is -2.24. The molecule has 0 N–H and O–H groups in total. The maximum Gasteiger partial charge on any atom is 0.0620 e. The molecule has 1 heterocycles. The number of fused-ring (bicyclic) bond motifs is 9. The van der Waals surface area contributed by atoms with Gasteiger partial charge in [-0.05, 0) is 84.9 Å². The number of aromatic nitrogens is 1. The Bertz CT molecular complexity index is 2480. The first-order valence-electron chi connectivity index (χ1n) is 14.9. The Morgan fingerprint density at radius 1 is 0.452 bits per heavy atom. The van der Waals surface area contributed by atoms with Gasteiger partial charge in [-0.1, -0.05) is 117 Å². The highest BCUT2D eigenvalue weighted by molar-refractivity contribution is 6.27. The molecule has 1 aromatic heterocycles. The van der Waals surface area contributed by atoms with E-state index in [2.05, 4.69) is 146 Å². The first kappa shape index (κ1) is 22.5. The molecule has 0 aliphatic heterocycles. The molecule has 7 aromatic carbocycles. The van der Waals surface area contributed by atoms with Crippen molar-refractivity contribution in [2.45, 2.75) is 19.3 Å². The van der Waals surface area contributed by atoms with Crippen molar-refractivity contribution >= 4 is 43.4 Å². The Morgan fingerprint density at radius 2 is 1.12 bits per heavy atom. The zero-order chi connectivity index (χ0) is 27.7. The Morgan fingerprint density at radius 3 is 1.98 bits per heavy atom. The smallest absolute Gasteiger partial charge is 0.0620 e. The highest BCUT2D eigenvalue weighted by Gasteiger charge is 2.34. The van der Waals surface area contributed by atoms with Crippen LogP contribution in [0.25, 0.3) is 82.4 Å². The summed E-state index contributed by atoms with van der Waals surface area (Å²) in [5, 5.41) is 8.01. The van der Waals surface area contributed by atoms with Crippen LogP contribution >= 0.6 is 0 Å². The number of rotatable bonds is 1. The van der Waals surface area contributed by atoms with Gasteiger partial charge in [0.1, 0.15) is 0 Å². The van der Waals surface area contributed by atoms with Gasteiger partial charge < -0.3 is 4.57 Å². The summed E-state index contributed by atoms with van der Waals surface area (Å²) in [6, 6.07) is 47.8. The maximum absolute atomic E-state index is 2.52. The van der Waals surface area contributed by atoms with Gasteiger partial charge in [0.2, 0.25) is 0 Å². The Balaban J connectivity index is 1.33. The molecule has 0 radical (unpaired) electrons. The fourth-order valence-corrected chi connectivity index (χ4v) is 8.25. The zero-order valence-corrected chi connectivity index (χ0v) is 23.6. The Kier molecular flexibility index (Phi) is 4.06. The second-order valence-corrected chi connectivity index (χ2v) is 12.5. The highest BCUT2D eigenvalue weighted by Crippen LogP contribution is 2.52. The lowest BCUT2D eigenvalue weighted by atomic mass is 9.68. The van der Waals surface area contributed by atoms with Gasteiger partial charge in [0.25, 0.3) is 0 Å². The van der Waals surface area contributed by atoms with Crippen molar-refractivity contribution in [3.63, 3.8) is 0 Å². The van der Waals surface area contributed by atoms with Gasteiger partial charge in [-0.3, -0.25) is 0 Å². The molecule has 42 heavy (non-hydrogen) atoms. The molecule has 0 saturated carbocycles. The molecule has 0 amide bonds. The molecule has 0 unspecified atom stereocenters. The summed E-state index contributed by atoms with van der Waals surface area (Å²) >= 11 is 0. The molecule has 0 fully saturated rings. The van der Waals surface area contributed by atoms with Crippen LogP contribution in [0.3, 0.4) is 0 Å². The van der Waals surface area contributed by atoms with E-state index in [-0.39, 0.29) is 5.41 Å². The molecular formula is C41H27N. The predicted octanol–water partition coefficient (Wildman–Crippen LogP) is 11.0. The summed E-state index contributed by atoms with van der Waals surface area (Å²) in [6.45, 7) is 4.78. The quantitative estimate of drug-likeness (QED) is 0.198. The van der Waals surface area contributed by atoms with E-state index < -0.39 is 0 Å². The van der Waals surface area contributed by atoms with Crippen molar-refractivity contribution < 1.29 is 0 Å². The summed E-state index contributed by atoms with van der Waals surface area (Å²) < 4.78 is 2.52. The topological polar surface area (TPSA) is 4.93 Å². The second kappa shape index (κ2) is 7.57. The average molecular weight is 534 g/mol. The molecule has 196 valence electrons. The van der Waals surface area contributed by atoms with Crippen LogP contribution < -0.4 is 0 Å². The fourth-order valence-electron chi connectivity index (χ4n) is 8.25. The van der Waals surface area contributed by atoms with Crippen molar-refractivity contribution in [2.75, 3.05) is 0 Å². The number of nitrogens with zero attached hydrogens (tertiary/aromatic N) is 1. The van der Waals surface area contributed by atoms with E-state index in [1.165, 1.54) is 93.5 Å². The minimum atomic E-state index is -0.120. The summed E-state index contributed by atoms with van der Waals surface area (Å²) in [4.78, 5) is 0. The van der Waals surface area contributed by atoms with E-state index in [9.17, 15) is 0 Å². The van der Waals surface area contributed by atoms with Gasteiger partial charge in [-0.15, -0.1) is 0 Å². The molecule has 2 aliphatic rings. The maximum atomic E-state index is 2.52. The van der Waals surface area contributed by atoms with E-state index >= 15 is 0 Å². The number of para-hydroxylation sites is 1. The molecule has 2 aliphatic carbocycles. The van der Waals surface area contributed by atoms with E-state index in [4.69, 9.17) is 0 Å². The van der Waals surface area contributed by atoms with E-state index in [1.807, 2.05) is 0 Å². The first-order chi connectivity index (χ1) is 20.6. The summed E-state index contributed by atoms with van der Waals surface area (Å²) in [5.74, 6) is 0. The van der Waals surface area contributed by atoms with Crippen LogP contribution in [0.4, 0.5) is 0 Å². The van der Waals surface area contributed by atoms with Gasteiger partial charge in [0.15, 0.2) is 0 Å². The van der Waals surface area contributed by atoms with Gasteiger partial charge in [0, 0.05) is 27.3 Å². The third-order valence-electron chi connectivity index (χ3n) is 10.1. The lowest BCUT2D eigenvalue weighted by Gasteiger charge is -2.35. The normalized spacial score (nSPS) is 14.1. The summed E-state index contributed by atoms with van der Waals surface area (Å²) in [5.41, 5.74) is 14.5. The zero-order valence-electron chi connectivity index (χ0n) is 23.6. The van der Waals surface area contributed by atoms with Gasteiger partial charge >= 0.3 is 0 Å². The van der Waals surface area contributed by atoms with E-state index in [1.54, 1.807) is 0 Å². The highest BCUT2D eigenvalue weighted by atomic mass is 15.0.